The predicted octanol–water partition coefficient (Wildman–Crippen LogP) is 5.83. The van der Waals surface area contributed by atoms with Gasteiger partial charge in [-0.05, 0) is 59.3 Å². The Balaban J connectivity index is 1.18. The summed E-state index contributed by atoms with van der Waals surface area (Å²) in [5.41, 5.74) is 2.78. The highest BCUT2D eigenvalue weighted by Gasteiger charge is 2.18. The molecule has 3 aromatic carbocycles. The second-order valence-electron chi connectivity index (χ2n) is 8.33. The highest BCUT2D eigenvalue weighted by molar-refractivity contribution is 5.78. The van der Waals surface area contributed by atoms with Crippen molar-refractivity contribution in [2.24, 2.45) is 0 Å². The van der Waals surface area contributed by atoms with Crippen molar-refractivity contribution in [3.8, 4) is 17.2 Å². The standard InChI is InChI=1S/C28H27N5O3/c1-2-7-27(28-30-32-33-31-28)36-26-11-6-4-9-21(26)18-34-23-14-16-24(17-15-23)35-19-22-13-12-20-8-3-5-10-25(20)29-22/h3-6,8-17,27H,2,7,18-19H2,1H3,(H,30,31,32,33). The summed E-state index contributed by atoms with van der Waals surface area (Å²) in [6.07, 6.45) is 1.48. The molecule has 8 nitrogen and oxygen atoms in total. The number of benzene rings is 3. The van der Waals surface area contributed by atoms with Crippen LogP contribution in [0.3, 0.4) is 0 Å². The molecule has 0 aliphatic heterocycles. The zero-order valence-electron chi connectivity index (χ0n) is 20.0. The van der Waals surface area contributed by atoms with Crippen LogP contribution in [0.1, 0.15) is 43.0 Å². The number of hydrogen-bond acceptors (Lipinski definition) is 7. The second-order valence-corrected chi connectivity index (χ2v) is 8.33. The summed E-state index contributed by atoms with van der Waals surface area (Å²) < 4.78 is 18.2. The quantitative estimate of drug-likeness (QED) is 0.254. The van der Waals surface area contributed by atoms with E-state index in [9.17, 15) is 0 Å². The number of rotatable bonds is 11. The number of nitrogens with zero attached hydrogens (tertiary/aromatic N) is 4. The molecule has 5 rings (SSSR count). The van der Waals surface area contributed by atoms with Gasteiger partial charge < -0.3 is 14.2 Å². The molecule has 8 heteroatoms. The lowest BCUT2D eigenvalue weighted by atomic mass is 10.1. The Morgan fingerprint density at radius 3 is 2.33 bits per heavy atom. The lowest BCUT2D eigenvalue weighted by Gasteiger charge is -2.18. The van der Waals surface area contributed by atoms with Crippen molar-refractivity contribution in [2.75, 3.05) is 0 Å². The molecule has 1 atom stereocenters. The summed E-state index contributed by atoms with van der Waals surface area (Å²) >= 11 is 0. The van der Waals surface area contributed by atoms with Gasteiger partial charge in [0.15, 0.2) is 11.9 Å². The highest BCUT2D eigenvalue weighted by atomic mass is 16.5. The summed E-state index contributed by atoms with van der Waals surface area (Å²) in [7, 11) is 0. The van der Waals surface area contributed by atoms with Gasteiger partial charge >= 0.3 is 0 Å². The van der Waals surface area contributed by atoms with E-state index in [1.165, 1.54) is 0 Å². The molecule has 0 bridgehead atoms. The molecule has 0 fully saturated rings. The number of para-hydroxylation sites is 2. The number of aromatic amines is 1. The Kier molecular flexibility index (Phi) is 7.32. The van der Waals surface area contributed by atoms with Crippen LogP contribution in [0.4, 0.5) is 0 Å². The monoisotopic (exact) mass is 481 g/mol. The van der Waals surface area contributed by atoms with Gasteiger partial charge in [0.2, 0.25) is 0 Å². The fourth-order valence-electron chi connectivity index (χ4n) is 3.85. The van der Waals surface area contributed by atoms with Gasteiger partial charge in [0, 0.05) is 10.9 Å². The molecule has 2 heterocycles. The predicted molar refractivity (Wildman–Crippen MR) is 136 cm³/mol. The van der Waals surface area contributed by atoms with Crippen LogP contribution < -0.4 is 14.2 Å². The first-order valence-corrected chi connectivity index (χ1v) is 12.0. The maximum Gasteiger partial charge on any atom is 0.189 e. The summed E-state index contributed by atoms with van der Waals surface area (Å²) in [5, 5.41) is 15.3. The van der Waals surface area contributed by atoms with Crippen LogP contribution in [0, 0.1) is 0 Å². The Bertz CT molecular complexity index is 1390. The van der Waals surface area contributed by atoms with Gasteiger partial charge in [-0.15, -0.1) is 5.10 Å². The first-order chi connectivity index (χ1) is 17.8. The molecular weight excluding hydrogens is 454 g/mol. The van der Waals surface area contributed by atoms with Crippen molar-refractivity contribution in [3.63, 3.8) is 0 Å². The molecule has 0 aliphatic rings. The van der Waals surface area contributed by atoms with Gasteiger partial charge in [0.25, 0.3) is 0 Å². The number of tetrazole rings is 1. The van der Waals surface area contributed by atoms with E-state index in [1.807, 2.05) is 78.9 Å². The molecule has 0 spiro atoms. The molecule has 5 aromatic rings. The van der Waals surface area contributed by atoms with E-state index in [-0.39, 0.29) is 6.10 Å². The molecule has 2 aromatic heterocycles. The topological polar surface area (TPSA) is 95.0 Å². The Labute approximate surface area is 209 Å². The summed E-state index contributed by atoms with van der Waals surface area (Å²) in [4.78, 5) is 4.65. The average molecular weight is 482 g/mol. The van der Waals surface area contributed by atoms with Crippen LogP contribution in [-0.4, -0.2) is 25.6 Å². The fraction of sp³-hybridized carbons (Fsp3) is 0.214. The number of ether oxygens (including phenoxy) is 3. The number of aromatic nitrogens is 5. The van der Waals surface area contributed by atoms with E-state index in [0.717, 1.165) is 52.3 Å². The van der Waals surface area contributed by atoms with Crippen molar-refractivity contribution in [3.05, 3.63) is 102 Å². The zero-order chi connectivity index (χ0) is 24.6. The first-order valence-electron chi connectivity index (χ1n) is 12.0. The molecule has 1 unspecified atom stereocenters. The number of pyridine rings is 1. The molecule has 0 saturated carbocycles. The molecule has 1 N–H and O–H groups in total. The number of hydrogen-bond donors (Lipinski definition) is 1. The van der Waals surface area contributed by atoms with Crippen LogP contribution in [-0.2, 0) is 13.2 Å². The van der Waals surface area contributed by atoms with Gasteiger partial charge in [0.05, 0.1) is 11.2 Å². The minimum atomic E-state index is -0.250. The molecular formula is C28H27N5O3. The lowest BCUT2D eigenvalue weighted by molar-refractivity contribution is 0.178. The Morgan fingerprint density at radius 1 is 0.806 bits per heavy atom. The largest absolute Gasteiger partial charge is 0.489 e. The summed E-state index contributed by atoms with van der Waals surface area (Å²) in [5.74, 6) is 2.85. The molecule has 0 radical (unpaired) electrons. The van der Waals surface area contributed by atoms with Crippen molar-refractivity contribution in [1.82, 2.24) is 25.6 Å². The van der Waals surface area contributed by atoms with Crippen molar-refractivity contribution < 1.29 is 14.2 Å². The van der Waals surface area contributed by atoms with E-state index in [0.29, 0.717) is 19.0 Å². The fourth-order valence-corrected chi connectivity index (χ4v) is 3.85. The maximum absolute atomic E-state index is 6.26. The van der Waals surface area contributed by atoms with E-state index >= 15 is 0 Å². The molecule has 36 heavy (non-hydrogen) atoms. The van der Waals surface area contributed by atoms with E-state index in [4.69, 9.17) is 14.2 Å². The highest BCUT2D eigenvalue weighted by Crippen LogP contribution is 2.28. The number of nitrogens with one attached hydrogen (secondary N) is 1. The third-order valence-electron chi connectivity index (χ3n) is 5.72. The molecule has 0 saturated heterocycles. The van der Waals surface area contributed by atoms with Crippen LogP contribution in [0.2, 0.25) is 0 Å². The minimum Gasteiger partial charge on any atom is -0.489 e. The maximum atomic E-state index is 6.26. The van der Waals surface area contributed by atoms with E-state index in [1.54, 1.807) is 0 Å². The third kappa shape index (κ3) is 5.78. The molecule has 182 valence electrons. The van der Waals surface area contributed by atoms with Crippen LogP contribution in [0.15, 0.2) is 84.9 Å². The van der Waals surface area contributed by atoms with Crippen LogP contribution in [0.5, 0.6) is 17.2 Å². The van der Waals surface area contributed by atoms with Crippen molar-refractivity contribution in [1.29, 1.82) is 0 Å². The Hall–Kier alpha value is -4.46. The van der Waals surface area contributed by atoms with Gasteiger partial charge in [-0.3, -0.25) is 0 Å². The first kappa shape index (κ1) is 23.3. The SMILES string of the molecule is CCCC(Oc1ccccc1COc1ccc(OCc2ccc3ccccc3n2)cc1)c1nnn[nH]1. The summed E-state index contributed by atoms with van der Waals surface area (Å²) in [6, 6.07) is 27.5. The van der Waals surface area contributed by atoms with Gasteiger partial charge in [-0.1, -0.05) is 55.8 Å². The zero-order valence-corrected chi connectivity index (χ0v) is 20.0. The molecule has 0 amide bonds. The van der Waals surface area contributed by atoms with E-state index < -0.39 is 0 Å². The Morgan fingerprint density at radius 2 is 1.56 bits per heavy atom. The summed E-state index contributed by atoms with van der Waals surface area (Å²) in [6.45, 7) is 2.86. The third-order valence-corrected chi connectivity index (χ3v) is 5.72. The van der Waals surface area contributed by atoms with Gasteiger partial charge in [0.1, 0.15) is 30.5 Å². The normalized spacial score (nSPS) is 11.8. The minimum absolute atomic E-state index is 0.250. The van der Waals surface area contributed by atoms with Crippen LogP contribution >= 0.6 is 0 Å². The smallest absolute Gasteiger partial charge is 0.189 e. The molecule has 0 aliphatic carbocycles. The van der Waals surface area contributed by atoms with Gasteiger partial charge in [-0.25, -0.2) is 10.1 Å². The number of H-pyrrole nitrogens is 1. The number of fused-ring (bicyclic) bond motifs is 1. The van der Waals surface area contributed by atoms with E-state index in [2.05, 4.69) is 38.6 Å². The average Bonchev–Trinajstić information content (AvgIpc) is 3.47. The van der Waals surface area contributed by atoms with Gasteiger partial charge in [-0.2, -0.15) is 0 Å². The van der Waals surface area contributed by atoms with Crippen LogP contribution in [0.25, 0.3) is 10.9 Å². The second kappa shape index (κ2) is 11.3. The van der Waals surface area contributed by atoms with Crippen molar-refractivity contribution >= 4 is 10.9 Å². The van der Waals surface area contributed by atoms with Crippen molar-refractivity contribution in [2.45, 2.75) is 39.1 Å². The lowest BCUT2D eigenvalue weighted by Crippen LogP contribution is -2.11.